The zero-order valence-electron chi connectivity index (χ0n) is 12.2. The van der Waals surface area contributed by atoms with Crippen LogP contribution < -0.4 is 0 Å². The first-order valence-corrected chi connectivity index (χ1v) is 8.10. The maximum Gasteiger partial charge on any atom is 0.0576 e. The molecule has 1 N–H and O–H groups in total. The van der Waals surface area contributed by atoms with Gasteiger partial charge in [0, 0.05) is 4.47 Å². The van der Waals surface area contributed by atoms with Crippen molar-refractivity contribution in [2.45, 2.75) is 52.6 Å². The molecular weight excluding hydrogens is 300 g/mol. The van der Waals surface area contributed by atoms with Gasteiger partial charge in [0.15, 0.2) is 0 Å². The largest absolute Gasteiger partial charge is 0.393 e. The second-order valence-corrected chi connectivity index (χ2v) is 7.80. The number of rotatable bonds is 3. The highest BCUT2D eigenvalue weighted by Gasteiger charge is 2.38. The Morgan fingerprint density at radius 1 is 1.21 bits per heavy atom. The Hall–Kier alpha value is -0.340. The molecule has 2 heteroatoms. The minimum Gasteiger partial charge on any atom is -0.393 e. The van der Waals surface area contributed by atoms with E-state index >= 15 is 0 Å². The molecule has 1 saturated carbocycles. The van der Waals surface area contributed by atoms with Gasteiger partial charge in [-0.3, -0.25) is 0 Å². The van der Waals surface area contributed by atoms with Gasteiger partial charge in [-0.1, -0.05) is 55.3 Å². The summed E-state index contributed by atoms with van der Waals surface area (Å²) in [6.45, 7) is 6.86. The first-order valence-electron chi connectivity index (χ1n) is 7.31. The molecule has 0 amide bonds. The third-order valence-electron chi connectivity index (χ3n) is 4.66. The molecule has 1 aromatic carbocycles. The van der Waals surface area contributed by atoms with Crippen molar-refractivity contribution < 1.29 is 5.11 Å². The quantitative estimate of drug-likeness (QED) is 0.845. The molecule has 0 aliphatic heterocycles. The van der Waals surface area contributed by atoms with Crippen molar-refractivity contribution in [3.8, 4) is 0 Å². The van der Waals surface area contributed by atoms with Crippen molar-refractivity contribution in [1.29, 1.82) is 0 Å². The predicted molar refractivity (Wildman–Crippen MR) is 84.1 cm³/mol. The van der Waals surface area contributed by atoms with Crippen LogP contribution in [0.3, 0.4) is 0 Å². The molecule has 1 aromatic rings. The van der Waals surface area contributed by atoms with Gasteiger partial charge < -0.3 is 5.11 Å². The Labute approximate surface area is 125 Å². The van der Waals surface area contributed by atoms with Gasteiger partial charge in [0.1, 0.15) is 0 Å². The molecule has 106 valence electrons. The molecule has 3 atom stereocenters. The SMILES string of the molecule is CC1CCC(C(C)(C)Cc2ccc(Br)cc2)C(O)C1. The van der Waals surface area contributed by atoms with Gasteiger partial charge in [0.2, 0.25) is 0 Å². The maximum atomic E-state index is 10.4. The van der Waals surface area contributed by atoms with Gasteiger partial charge in [-0.05, 0) is 54.2 Å². The monoisotopic (exact) mass is 324 g/mol. The lowest BCUT2D eigenvalue weighted by Crippen LogP contribution is -2.39. The van der Waals surface area contributed by atoms with E-state index in [4.69, 9.17) is 0 Å². The summed E-state index contributed by atoms with van der Waals surface area (Å²) in [5, 5.41) is 10.4. The number of aliphatic hydroxyl groups is 1. The molecular formula is C17H25BrO. The van der Waals surface area contributed by atoms with Crippen molar-refractivity contribution in [3.63, 3.8) is 0 Å². The van der Waals surface area contributed by atoms with Gasteiger partial charge in [-0.2, -0.15) is 0 Å². The minimum absolute atomic E-state index is 0.130. The standard InChI is InChI=1S/C17H25BrO/c1-12-4-9-15(16(19)10-12)17(2,3)11-13-5-7-14(18)8-6-13/h5-8,12,15-16,19H,4,9-11H2,1-3H3. The molecule has 1 aliphatic carbocycles. The molecule has 0 radical (unpaired) electrons. The summed E-state index contributed by atoms with van der Waals surface area (Å²) in [6, 6.07) is 8.57. The van der Waals surface area contributed by atoms with Crippen LogP contribution in [0, 0.1) is 17.3 Å². The third kappa shape index (κ3) is 3.82. The summed E-state index contributed by atoms with van der Waals surface area (Å²) < 4.78 is 1.13. The van der Waals surface area contributed by atoms with Gasteiger partial charge in [-0.25, -0.2) is 0 Å². The minimum atomic E-state index is -0.130. The smallest absolute Gasteiger partial charge is 0.0576 e. The average Bonchev–Trinajstić information content (AvgIpc) is 2.31. The van der Waals surface area contributed by atoms with Crippen molar-refractivity contribution in [2.24, 2.45) is 17.3 Å². The first kappa shape index (κ1) is 15.1. The van der Waals surface area contributed by atoms with Gasteiger partial charge in [0.25, 0.3) is 0 Å². The normalized spacial score (nSPS) is 28.4. The van der Waals surface area contributed by atoms with Crippen LogP contribution in [0.5, 0.6) is 0 Å². The lowest BCUT2D eigenvalue weighted by Gasteiger charge is -2.42. The van der Waals surface area contributed by atoms with Crippen LogP contribution >= 0.6 is 15.9 Å². The van der Waals surface area contributed by atoms with Crippen molar-refractivity contribution in [1.82, 2.24) is 0 Å². The van der Waals surface area contributed by atoms with Crippen LogP contribution in [-0.4, -0.2) is 11.2 Å². The molecule has 0 saturated heterocycles. The number of benzene rings is 1. The van der Waals surface area contributed by atoms with Gasteiger partial charge in [0.05, 0.1) is 6.10 Å². The Balaban J connectivity index is 2.07. The second kappa shape index (κ2) is 5.97. The van der Waals surface area contributed by atoms with Crippen LogP contribution in [0.15, 0.2) is 28.7 Å². The number of aliphatic hydroxyl groups excluding tert-OH is 1. The van der Waals surface area contributed by atoms with Crippen LogP contribution in [-0.2, 0) is 6.42 Å². The van der Waals surface area contributed by atoms with E-state index in [1.807, 2.05) is 0 Å². The number of hydrogen-bond acceptors (Lipinski definition) is 1. The summed E-state index contributed by atoms with van der Waals surface area (Å²) >= 11 is 3.48. The third-order valence-corrected chi connectivity index (χ3v) is 5.18. The van der Waals surface area contributed by atoms with Crippen LogP contribution in [0.1, 0.15) is 45.6 Å². The molecule has 0 bridgehead atoms. The molecule has 1 nitrogen and oxygen atoms in total. The van der Waals surface area contributed by atoms with Crippen molar-refractivity contribution >= 4 is 15.9 Å². The molecule has 2 rings (SSSR count). The molecule has 3 unspecified atom stereocenters. The van der Waals surface area contributed by atoms with Gasteiger partial charge >= 0.3 is 0 Å². The summed E-state index contributed by atoms with van der Waals surface area (Å²) in [6.07, 6.45) is 4.29. The summed E-state index contributed by atoms with van der Waals surface area (Å²) in [7, 11) is 0. The second-order valence-electron chi connectivity index (χ2n) is 6.88. The molecule has 1 aliphatic rings. The lowest BCUT2D eigenvalue weighted by molar-refractivity contribution is -0.0125. The van der Waals surface area contributed by atoms with Crippen molar-refractivity contribution in [3.05, 3.63) is 34.3 Å². The lowest BCUT2D eigenvalue weighted by atomic mass is 9.65. The fraction of sp³-hybridized carbons (Fsp3) is 0.647. The highest BCUT2D eigenvalue weighted by molar-refractivity contribution is 9.10. The van der Waals surface area contributed by atoms with Crippen LogP contribution in [0.2, 0.25) is 0 Å². The molecule has 0 aromatic heterocycles. The van der Waals surface area contributed by atoms with E-state index in [2.05, 4.69) is 61.0 Å². The highest BCUT2D eigenvalue weighted by Crippen LogP contribution is 2.42. The zero-order valence-corrected chi connectivity index (χ0v) is 13.8. The predicted octanol–water partition coefficient (Wildman–Crippen LogP) is 4.81. The Morgan fingerprint density at radius 2 is 1.84 bits per heavy atom. The van der Waals surface area contributed by atoms with Crippen molar-refractivity contribution in [2.75, 3.05) is 0 Å². The number of halogens is 1. The summed E-state index contributed by atoms with van der Waals surface area (Å²) in [4.78, 5) is 0. The Morgan fingerprint density at radius 3 is 2.42 bits per heavy atom. The van der Waals surface area contributed by atoms with E-state index in [1.54, 1.807) is 0 Å². The van der Waals surface area contributed by atoms with E-state index in [1.165, 1.54) is 12.0 Å². The van der Waals surface area contributed by atoms with E-state index in [9.17, 15) is 5.11 Å². The fourth-order valence-electron chi connectivity index (χ4n) is 3.52. The molecule has 19 heavy (non-hydrogen) atoms. The highest BCUT2D eigenvalue weighted by atomic mass is 79.9. The fourth-order valence-corrected chi connectivity index (χ4v) is 3.79. The summed E-state index contributed by atoms with van der Waals surface area (Å²) in [5.41, 5.74) is 1.52. The molecule has 1 fully saturated rings. The topological polar surface area (TPSA) is 20.2 Å². The van der Waals surface area contributed by atoms with E-state index in [-0.39, 0.29) is 11.5 Å². The maximum absolute atomic E-state index is 10.4. The van der Waals surface area contributed by atoms with Crippen LogP contribution in [0.4, 0.5) is 0 Å². The average molecular weight is 325 g/mol. The van der Waals surface area contributed by atoms with E-state index in [0.29, 0.717) is 11.8 Å². The summed E-state index contributed by atoms with van der Waals surface area (Å²) in [5.74, 6) is 1.10. The number of hydrogen-bond donors (Lipinski definition) is 1. The van der Waals surface area contributed by atoms with Crippen LogP contribution in [0.25, 0.3) is 0 Å². The zero-order chi connectivity index (χ0) is 14.0. The Bertz CT molecular complexity index is 410. The van der Waals surface area contributed by atoms with E-state index in [0.717, 1.165) is 23.7 Å². The molecule has 0 spiro atoms. The molecule has 0 heterocycles. The van der Waals surface area contributed by atoms with Gasteiger partial charge in [-0.15, -0.1) is 0 Å². The van der Waals surface area contributed by atoms with E-state index < -0.39 is 0 Å². The Kier molecular flexibility index (Phi) is 4.73. The first-order chi connectivity index (χ1) is 8.88.